The van der Waals surface area contributed by atoms with Gasteiger partial charge in [-0.05, 0) is 33.3 Å². The van der Waals surface area contributed by atoms with E-state index in [1.54, 1.807) is 13.3 Å². The van der Waals surface area contributed by atoms with Crippen LogP contribution in [0.5, 0.6) is 5.88 Å². The summed E-state index contributed by atoms with van der Waals surface area (Å²) < 4.78 is 1.91. The average Bonchev–Trinajstić information content (AvgIpc) is 2.60. The third-order valence-electron chi connectivity index (χ3n) is 2.48. The molecular formula is C12H16N4O. The topological polar surface area (TPSA) is 63.8 Å². The van der Waals surface area contributed by atoms with Gasteiger partial charge >= 0.3 is 0 Å². The minimum absolute atomic E-state index is 0.101. The van der Waals surface area contributed by atoms with Crippen molar-refractivity contribution < 1.29 is 5.11 Å². The molecule has 90 valence electrons. The van der Waals surface area contributed by atoms with E-state index >= 15 is 0 Å². The van der Waals surface area contributed by atoms with Crippen molar-refractivity contribution in [3.05, 3.63) is 18.7 Å². The van der Waals surface area contributed by atoms with Gasteiger partial charge in [0.25, 0.3) is 0 Å². The van der Waals surface area contributed by atoms with Crippen molar-refractivity contribution >= 4 is 16.7 Å². The second-order valence-corrected chi connectivity index (χ2v) is 5.11. The minimum atomic E-state index is -0.151. The first-order valence-electron chi connectivity index (χ1n) is 5.41. The maximum Gasteiger partial charge on any atom is 0.243 e. The lowest BCUT2D eigenvalue weighted by Crippen LogP contribution is -2.21. The molecule has 2 aromatic heterocycles. The predicted octanol–water partition coefficient (Wildman–Crippen LogP) is 2.32. The molecule has 0 spiro atoms. The fraction of sp³-hybridized carbons (Fsp3) is 0.417. The van der Waals surface area contributed by atoms with Gasteiger partial charge in [-0.3, -0.25) is 0 Å². The van der Waals surface area contributed by atoms with Gasteiger partial charge in [0.05, 0.1) is 6.33 Å². The van der Waals surface area contributed by atoms with E-state index in [1.165, 1.54) is 0 Å². The Hall–Kier alpha value is -1.91. The monoisotopic (exact) mass is 232 g/mol. The SMILES string of the molecule is C=C(C)c1nc(O)c2ncn(C(C)(C)C)c2n1. The van der Waals surface area contributed by atoms with E-state index in [1.807, 2.05) is 25.3 Å². The molecule has 5 nitrogen and oxygen atoms in total. The standard InChI is InChI=1S/C12H16N4O/c1-7(2)9-14-10-8(11(17)15-9)13-6-16(10)12(3,4)5/h6H,1H2,2-5H3,(H,14,15,17). The Bertz CT molecular complexity index is 592. The Kier molecular flexibility index (Phi) is 2.41. The van der Waals surface area contributed by atoms with Gasteiger partial charge in [0, 0.05) is 5.54 Å². The Morgan fingerprint density at radius 2 is 2.00 bits per heavy atom. The van der Waals surface area contributed by atoms with Gasteiger partial charge in [-0.1, -0.05) is 6.58 Å². The van der Waals surface area contributed by atoms with Gasteiger partial charge in [0.2, 0.25) is 5.88 Å². The van der Waals surface area contributed by atoms with Crippen LogP contribution in [0.25, 0.3) is 16.7 Å². The highest BCUT2D eigenvalue weighted by Gasteiger charge is 2.20. The highest BCUT2D eigenvalue weighted by molar-refractivity contribution is 5.78. The van der Waals surface area contributed by atoms with Gasteiger partial charge in [-0.25, -0.2) is 9.97 Å². The molecule has 0 unspecified atom stereocenters. The summed E-state index contributed by atoms with van der Waals surface area (Å²) in [5.74, 6) is 0.344. The summed E-state index contributed by atoms with van der Waals surface area (Å²) in [6.07, 6.45) is 1.67. The van der Waals surface area contributed by atoms with E-state index in [9.17, 15) is 5.11 Å². The van der Waals surface area contributed by atoms with Crippen LogP contribution in [0.15, 0.2) is 12.9 Å². The maximum absolute atomic E-state index is 9.81. The molecule has 17 heavy (non-hydrogen) atoms. The van der Waals surface area contributed by atoms with Crippen molar-refractivity contribution in [2.24, 2.45) is 0 Å². The molecule has 0 amide bonds. The van der Waals surface area contributed by atoms with Gasteiger partial charge < -0.3 is 9.67 Å². The highest BCUT2D eigenvalue weighted by atomic mass is 16.3. The van der Waals surface area contributed by atoms with Crippen molar-refractivity contribution in [1.29, 1.82) is 0 Å². The van der Waals surface area contributed by atoms with Gasteiger partial charge in [-0.2, -0.15) is 4.98 Å². The van der Waals surface area contributed by atoms with E-state index < -0.39 is 0 Å². The minimum Gasteiger partial charge on any atom is -0.492 e. The summed E-state index contributed by atoms with van der Waals surface area (Å²) in [6, 6.07) is 0. The largest absolute Gasteiger partial charge is 0.492 e. The van der Waals surface area contributed by atoms with Gasteiger partial charge in [0.1, 0.15) is 0 Å². The molecule has 5 heteroatoms. The zero-order valence-electron chi connectivity index (χ0n) is 10.5. The lowest BCUT2D eigenvalue weighted by molar-refractivity contribution is 0.405. The average molecular weight is 232 g/mol. The van der Waals surface area contributed by atoms with Crippen LogP contribution in [0.4, 0.5) is 0 Å². The lowest BCUT2D eigenvalue weighted by atomic mass is 10.1. The van der Waals surface area contributed by atoms with Crippen LogP contribution in [-0.2, 0) is 5.54 Å². The van der Waals surface area contributed by atoms with Crippen LogP contribution in [0.2, 0.25) is 0 Å². The van der Waals surface area contributed by atoms with Gasteiger partial charge in [-0.15, -0.1) is 0 Å². The first-order chi connectivity index (χ1) is 7.80. The third kappa shape index (κ3) is 1.88. The number of hydrogen-bond acceptors (Lipinski definition) is 4. The molecule has 0 saturated heterocycles. The van der Waals surface area contributed by atoms with Crippen LogP contribution in [-0.4, -0.2) is 24.6 Å². The molecule has 2 rings (SSSR count). The van der Waals surface area contributed by atoms with E-state index in [0.717, 1.165) is 0 Å². The molecule has 2 heterocycles. The van der Waals surface area contributed by atoms with Crippen LogP contribution in [0.3, 0.4) is 0 Å². The number of aromatic hydroxyl groups is 1. The predicted molar refractivity (Wildman–Crippen MR) is 66.7 cm³/mol. The highest BCUT2D eigenvalue weighted by Crippen LogP contribution is 2.26. The summed E-state index contributed by atoms with van der Waals surface area (Å²) in [5.41, 5.74) is 1.61. The lowest BCUT2D eigenvalue weighted by Gasteiger charge is -2.20. The first-order valence-corrected chi connectivity index (χ1v) is 5.41. The van der Waals surface area contributed by atoms with Crippen molar-refractivity contribution in [2.45, 2.75) is 33.2 Å². The number of imidazole rings is 1. The van der Waals surface area contributed by atoms with E-state index in [-0.39, 0.29) is 11.4 Å². The van der Waals surface area contributed by atoms with Crippen molar-refractivity contribution in [1.82, 2.24) is 19.5 Å². The van der Waals surface area contributed by atoms with Crippen molar-refractivity contribution in [3.8, 4) is 5.88 Å². The molecule has 1 N–H and O–H groups in total. The fourth-order valence-corrected chi connectivity index (χ4v) is 1.57. The molecule has 0 aliphatic heterocycles. The normalized spacial score (nSPS) is 12.0. The molecule has 0 radical (unpaired) electrons. The van der Waals surface area contributed by atoms with E-state index in [2.05, 4.69) is 21.5 Å². The van der Waals surface area contributed by atoms with Crippen LogP contribution in [0.1, 0.15) is 33.5 Å². The zero-order chi connectivity index (χ0) is 12.8. The van der Waals surface area contributed by atoms with Crippen LogP contribution >= 0.6 is 0 Å². The Morgan fingerprint density at radius 1 is 1.35 bits per heavy atom. The number of aromatic nitrogens is 4. The van der Waals surface area contributed by atoms with Crippen molar-refractivity contribution in [3.63, 3.8) is 0 Å². The second kappa shape index (κ2) is 3.55. The summed E-state index contributed by atoms with van der Waals surface area (Å²) in [5, 5.41) is 9.81. The number of nitrogens with zero attached hydrogens (tertiary/aromatic N) is 4. The summed E-state index contributed by atoms with van der Waals surface area (Å²) >= 11 is 0. The molecule has 0 saturated carbocycles. The summed E-state index contributed by atoms with van der Waals surface area (Å²) in [4.78, 5) is 12.5. The number of hydrogen-bond donors (Lipinski definition) is 1. The smallest absolute Gasteiger partial charge is 0.243 e. The molecule has 0 fully saturated rings. The molecule has 0 aliphatic rings. The Balaban J connectivity index is 2.79. The Labute approximate surface area is 99.9 Å². The second-order valence-electron chi connectivity index (χ2n) is 5.11. The summed E-state index contributed by atoms with van der Waals surface area (Å²) in [6.45, 7) is 11.7. The maximum atomic E-state index is 9.81. The number of allylic oxidation sites excluding steroid dienone is 1. The quantitative estimate of drug-likeness (QED) is 0.819. The van der Waals surface area contributed by atoms with Gasteiger partial charge in [0.15, 0.2) is 17.0 Å². The third-order valence-corrected chi connectivity index (χ3v) is 2.48. The molecule has 0 bridgehead atoms. The zero-order valence-corrected chi connectivity index (χ0v) is 10.5. The Morgan fingerprint density at radius 3 is 2.53 bits per heavy atom. The molecule has 0 aliphatic carbocycles. The van der Waals surface area contributed by atoms with Crippen molar-refractivity contribution in [2.75, 3.05) is 0 Å². The number of rotatable bonds is 1. The molecule has 0 aromatic carbocycles. The number of fused-ring (bicyclic) bond motifs is 1. The summed E-state index contributed by atoms with van der Waals surface area (Å²) in [7, 11) is 0. The molecule has 2 aromatic rings. The molecular weight excluding hydrogens is 216 g/mol. The van der Waals surface area contributed by atoms with Crippen LogP contribution in [0, 0.1) is 0 Å². The van der Waals surface area contributed by atoms with E-state index in [0.29, 0.717) is 22.6 Å². The molecule has 0 atom stereocenters. The fourth-order valence-electron chi connectivity index (χ4n) is 1.57. The van der Waals surface area contributed by atoms with Crippen LogP contribution < -0.4 is 0 Å². The first kappa shape index (κ1) is 11.6. The van der Waals surface area contributed by atoms with E-state index in [4.69, 9.17) is 0 Å².